The number of carbonyl (C=O) groups is 1. The third-order valence-electron chi connectivity index (χ3n) is 5.77. The Hall–Kier alpha value is -2.13. The van der Waals surface area contributed by atoms with Crippen LogP contribution < -0.4 is 5.32 Å². The molecule has 0 spiro atoms. The van der Waals surface area contributed by atoms with Crippen LogP contribution in [0.1, 0.15) is 36.0 Å². The number of benzene rings is 2. The molecule has 1 N–H and O–H groups in total. The largest absolute Gasteiger partial charge is 0.354 e. The zero-order valence-corrected chi connectivity index (χ0v) is 16.2. The van der Waals surface area contributed by atoms with Gasteiger partial charge in [0.25, 0.3) is 0 Å². The standard InChI is InChI=1S/C23H30N2O/c1-18-10-12-19(13-11-18)16-21(25(2)3)22(26)24-17-23(14-7-15-23)20-8-5-4-6-9-20/h4-6,8-13,21H,7,14-17H2,1-3H3,(H,24,26). The summed E-state index contributed by atoms with van der Waals surface area (Å²) in [6.07, 6.45) is 4.28. The Balaban J connectivity index is 1.65. The highest BCUT2D eigenvalue weighted by Crippen LogP contribution is 2.43. The van der Waals surface area contributed by atoms with Crippen LogP contribution in [0.3, 0.4) is 0 Å². The van der Waals surface area contributed by atoms with Crippen LogP contribution in [0.4, 0.5) is 0 Å². The first-order chi connectivity index (χ1) is 12.5. The summed E-state index contributed by atoms with van der Waals surface area (Å²) in [6.45, 7) is 2.82. The van der Waals surface area contributed by atoms with Crippen LogP contribution in [0.5, 0.6) is 0 Å². The molecule has 0 heterocycles. The number of rotatable bonds is 7. The summed E-state index contributed by atoms with van der Waals surface area (Å²) in [6, 6.07) is 18.9. The van der Waals surface area contributed by atoms with Gasteiger partial charge in [-0.1, -0.05) is 66.6 Å². The van der Waals surface area contributed by atoms with Crippen LogP contribution in [-0.2, 0) is 16.6 Å². The molecular formula is C23H30N2O. The lowest BCUT2D eigenvalue weighted by atomic mass is 9.64. The van der Waals surface area contributed by atoms with E-state index in [1.54, 1.807) is 0 Å². The second-order valence-corrected chi connectivity index (χ2v) is 7.89. The van der Waals surface area contributed by atoms with Crippen LogP contribution in [0.2, 0.25) is 0 Å². The molecular weight excluding hydrogens is 320 g/mol. The maximum atomic E-state index is 12.9. The monoisotopic (exact) mass is 350 g/mol. The molecule has 2 aromatic carbocycles. The number of nitrogens with one attached hydrogen (secondary N) is 1. The highest BCUT2D eigenvalue weighted by Gasteiger charge is 2.39. The van der Waals surface area contributed by atoms with Crippen molar-refractivity contribution in [3.63, 3.8) is 0 Å². The Morgan fingerprint density at radius 2 is 1.73 bits per heavy atom. The maximum absolute atomic E-state index is 12.9. The molecule has 1 fully saturated rings. The molecule has 0 radical (unpaired) electrons. The third-order valence-corrected chi connectivity index (χ3v) is 5.77. The smallest absolute Gasteiger partial charge is 0.237 e. The normalized spacial score (nSPS) is 16.8. The zero-order chi connectivity index (χ0) is 18.6. The first kappa shape index (κ1) is 18.7. The fraction of sp³-hybridized carbons (Fsp3) is 0.435. The molecule has 1 aliphatic rings. The maximum Gasteiger partial charge on any atom is 0.237 e. The predicted octanol–water partition coefficient (Wildman–Crippen LogP) is 3.71. The number of amides is 1. The Kier molecular flexibility index (Phi) is 5.77. The molecule has 26 heavy (non-hydrogen) atoms. The van der Waals surface area contributed by atoms with E-state index < -0.39 is 0 Å². The number of likely N-dealkylation sites (N-methyl/N-ethyl adjacent to an activating group) is 1. The highest BCUT2D eigenvalue weighted by molar-refractivity contribution is 5.82. The SMILES string of the molecule is Cc1ccc(CC(C(=O)NCC2(c3ccccc3)CCC2)N(C)C)cc1. The summed E-state index contributed by atoms with van der Waals surface area (Å²) in [4.78, 5) is 14.9. The average Bonchev–Trinajstić information content (AvgIpc) is 2.60. The van der Waals surface area contributed by atoms with Crippen LogP contribution >= 0.6 is 0 Å². The van der Waals surface area contributed by atoms with Gasteiger partial charge in [-0.2, -0.15) is 0 Å². The van der Waals surface area contributed by atoms with Crippen LogP contribution in [0.25, 0.3) is 0 Å². The van der Waals surface area contributed by atoms with Crippen molar-refractivity contribution in [2.24, 2.45) is 0 Å². The van der Waals surface area contributed by atoms with E-state index in [9.17, 15) is 4.79 Å². The van der Waals surface area contributed by atoms with Gasteiger partial charge in [0.2, 0.25) is 5.91 Å². The van der Waals surface area contributed by atoms with Crippen LogP contribution in [0, 0.1) is 6.92 Å². The topological polar surface area (TPSA) is 32.3 Å². The van der Waals surface area contributed by atoms with Crippen molar-refractivity contribution in [3.05, 3.63) is 71.3 Å². The quantitative estimate of drug-likeness (QED) is 0.826. The fourth-order valence-corrected chi connectivity index (χ4v) is 3.79. The van der Waals surface area contributed by atoms with Gasteiger partial charge in [-0.15, -0.1) is 0 Å². The molecule has 0 aliphatic heterocycles. The minimum atomic E-state index is -0.148. The van der Waals surface area contributed by atoms with Crippen molar-refractivity contribution < 1.29 is 4.79 Å². The molecule has 1 unspecified atom stereocenters. The van der Waals surface area contributed by atoms with Gasteiger partial charge in [0.05, 0.1) is 6.04 Å². The molecule has 1 atom stereocenters. The Morgan fingerprint density at radius 3 is 2.27 bits per heavy atom. The number of nitrogens with zero attached hydrogens (tertiary/aromatic N) is 1. The van der Waals surface area contributed by atoms with E-state index in [2.05, 4.69) is 66.8 Å². The summed E-state index contributed by atoms with van der Waals surface area (Å²) in [5, 5.41) is 3.26. The van der Waals surface area contributed by atoms with Crippen molar-refractivity contribution in [3.8, 4) is 0 Å². The van der Waals surface area contributed by atoms with E-state index in [1.807, 2.05) is 19.0 Å². The summed E-state index contributed by atoms with van der Waals surface area (Å²) >= 11 is 0. The molecule has 0 saturated heterocycles. The Morgan fingerprint density at radius 1 is 1.08 bits per heavy atom. The summed E-state index contributed by atoms with van der Waals surface area (Å²) in [7, 11) is 3.96. The molecule has 0 aromatic heterocycles. The molecule has 1 amide bonds. The lowest BCUT2D eigenvalue weighted by molar-refractivity contribution is -0.126. The van der Waals surface area contributed by atoms with Crippen molar-refractivity contribution in [1.29, 1.82) is 0 Å². The molecule has 3 heteroatoms. The molecule has 138 valence electrons. The minimum absolute atomic E-state index is 0.123. The number of hydrogen-bond donors (Lipinski definition) is 1. The molecule has 1 aliphatic carbocycles. The second-order valence-electron chi connectivity index (χ2n) is 7.89. The van der Waals surface area contributed by atoms with Gasteiger partial charge in [0.1, 0.15) is 0 Å². The van der Waals surface area contributed by atoms with Crippen LogP contribution in [-0.4, -0.2) is 37.5 Å². The van der Waals surface area contributed by atoms with Gasteiger partial charge in [0, 0.05) is 12.0 Å². The minimum Gasteiger partial charge on any atom is -0.354 e. The number of hydrogen-bond acceptors (Lipinski definition) is 2. The van der Waals surface area contributed by atoms with Gasteiger partial charge < -0.3 is 5.32 Å². The molecule has 3 nitrogen and oxygen atoms in total. The zero-order valence-electron chi connectivity index (χ0n) is 16.2. The first-order valence-electron chi connectivity index (χ1n) is 9.55. The second kappa shape index (κ2) is 8.05. The van der Waals surface area contributed by atoms with E-state index in [1.165, 1.54) is 23.1 Å². The predicted molar refractivity (Wildman–Crippen MR) is 107 cm³/mol. The summed E-state index contributed by atoms with van der Waals surface area (Å²) < 4.78 is 0. The van der Waals surface area contributed by atoms with Gasteiger partial charge in [-0.3, -0.25) is 9.69 Å². The molecule has 2 aromatic rings. The summed E-state index contributed by atoms with van der Waals surface area (Å²) in [5.41, 5.74) is 3.92. The van der Waals surface area contributed by atoms with Crippen molar-refractivity contribution in [2.45, 2.75) is 44.1 Å². The molecule has 3 rings (SSSR count). The lowest BCUT2D eigenvalue weighted by Gasteiger charge is -2.43. The fourth-order valence-electron chi connectivity index (χ4n) is 3.79. The van der Waals surface area contributed by atoms with E-state index in [4.69, 9.17) is 0 Å². The van der Waals surface area contributed by atoms with E-state index in [0.29, 0.717) is 0 Å². The average molecular weight is 351 g/mol. The van der Waals surface area contributed by atoms with Gasteiger partial charge in [-0.05, 0) is 51.4 Å². The van der Waals surface area contributed by atoms with Crippen molar-refractivity contribution >= 4 is 5.91 Å². The Bertz CT molecular complexity index is 718. The lowest BCUT2D eigenvalue weighted by Crippen LogP contribution is -2.51. The molecule has 1 saturated carbocycles. The van der Waals surface area contributed by atoms with Crippen molar-refractivity contribution in [1.82, 2.24) is 10.2 Å². The summed E-state index contributed by atoms with van der Waals surface area (Å²) in [5.74, 6) is 0.123. The van der Waals surface area contributed by atoms with E-state index in [0.717, 1.165) is 25.8 Å². The van der Waals surface area contributed by atoms with Crippen LogP contribution in [0.15, 0.2) is 54.6 Å². The number of aryl methyl sites for hydroxylation is 1. The van der Waals surface area contributed by atoms with Gasteiger partial charge in [0.15, 0.2) is 0 Å². The Labute approximate surface area is 157 Å². The highest BCUT2D eigenvalue weighted by atomic mass is 16.2. The van der Waals surface area contributed by atoms with Gasteiger partial charge >= 0.3 is 0 Å². The molecule has 0 bridgehead atoms. The first-order valence-corrected chi connectivity index (χ1v) is 9.55. The third kappa shape index (κ3) is 4.16. The van der Waals surface area contributed by atoms with Crippen molar-refractivity contribution in [2.75, 3.05) is 20.6 Å². The number of carbonyl (C=O) groups excluding carboxylic acids is 1. The van der Waals surface area contributed by atoms with E-state index >= 15 is 0 Å². The van der Waals surface area contributed by atoms with Gasteiger partial charge in [-0.25, -0.2) is 0 Å². The van der Waals surface area contributed by atoms with E-state index in [-0.39, 0.29) is 17.4 Å².